The molecule has 0 radical (unpaired) electrons. The van der Waals surface area contributed by atoms with Crippen molar-refractivity contribution in [3.05, 3.63) is 19.9 Å². The number of thiophene rings is 1. The fourth-order valence-electron chi connectivity index (χ4n) is 0.871. The Hall–Kier alpha value is 0.380. The maximum Gasteiger partial charge on any atom is 0.254 e. The number of amides is 1. The summed E-state index contributed by atoms with van der Waals surface area (Å²) >= 11 is 7.12. The summed E-state index contributed by atoms with van der Waals surface area (Å²) in [6, 6.07) is 1.91. The van der Waals surface area contributed by atoms with Crippen LogP contribution < -0.4 is 0 Å². The molecule has 0 aliphatic carbocycles. The molecule has 0 bridgehead atoms. The molecule has 0 saturated heterocycles. The maximum atomic E-state index is 11.7. The van der Waals surface area contributed by atoms with Crippen LogP contribution >= 0.6 is 49.9 Å². The van der Waals surface area contributed by atoms with Crippen LogP contribution in [0.1, 0.15) is 10.4 Å². The standard InChI is InChI=1S/C8H9BrINOS/c1-11(3-2-9)8(12)6-4-7(10)13-5-6/h4-5H,2-3H2,1H3. The molecule has 1 aromatic rings. The highest BCUT2D eigenvalue weighted by Crippen LogP contribution is 2.17. The zero-order valence-electron chi connectivity index (χ0n) is 7.09. The molecule has 72 valence electrons. The number of carbonyl (C=O) groups is 1. The third-order valence-corrected chi connectivity index (χ3v) is 3.72. The monoisotopic (exact) mass is 373 g/mol. The summed E-state index contributed by atoms with van der Waals surface area (Å²) in [6.45, 7) is 0.741. The fraction of sp³-hybridized carbons (Fsp3) is 0.375. The van der Waals surface area contributed by atoms with E-state index in [4.69, 9.17) is 0 Å². The van der Waals surface area contributed by atoms with Gasteiger partial charge in [-0.25, -0.2) is 0 Å². The molecule has 0 aliphatic heterocycles. The minimum Gasteiger partial charge on any atom is -0.341 e. The lowest BCUT2D eigenvalue weighted by atomic mass is 10.3. The second-order valence-corrected chi connectivity index (χ2v) is 6.15. The van der Waals surface area contributed by atoms with E-state index in [0.717, 1.165) is 20.3 Å². The van der Waals surface area contributed by atoms with E-state index in [2.05, 4.69) is 38.5 Å². The van der Waals surface area contributed by atoms with E-state index >= 15 is 0 Å². The van der Waals surface area contributed by atoms with Gasteiger partial charge in [-0.1, -0.05) is 15.9 Å². The molecule has 5 heteroatoms. The van der Waals surface area contributed by atoms with Gasteiger partial charge in [-0.2, -0.15) is 0 Å². The lowest BCUT2D eigenvalue weighted by molar-refractivity contribution is 0.0804. The zero-order valence-corrected chi connectivity index (χ0v) is 11.6. The van der Waals surface area contributed by atoms with Crippen molar-refractivity contribution in [3.8, 4) is 0 Å². The summed E-state index contributed by atoms with van der Waals surface area (Å²) in [5.41, 5.74) is 0.790. The van der Waals surface area contributed by atoms with Gasteiger partial charge in [0.15, 0.2) is 0 Å². The molecule has 13 heavy (non-hydrogen) atoms. The normalized spacial score (nSPS) is 10.1. The predicted octanol–water partition coefficient (Wildman–Crippen LogP) is 2.82. The van der Waals surface area contributed by atoms with Crippen molar-refractivity contribution >= 4 is 55.8 Å². The Morgan fingerprint density at radius 2 is 2.46 bits per heavy atom. The van der Waals surface area contributed by atoms with E-state index in [9.17, 15) is 4.79 Å². The van der Waals surface area contributed by atoms with E-state index in [1.165, 1.54) is 0 Å². The first-order chi connectivity index (χ1) is 6.15. The smallest absolute Gasteiger partial charge is 0.254 e. The van der Waals surface area contributed by atoms with Gasteiger partial charge in [0.05, 0.1) is 8.45 Å². The number of rotatable bonds is 3. The van der Waals surface area contributed by atoms with Crippen LogP contribution in [0.5, 0.6) is 0 Å². The Balaban J connectivity index is 2.67. The van der Waals surface area contributed by atoms with E-state index in [1.807, 2.05) is 18.5 Å². The van der Waals surface area contributed by atoms with Gasteiger partial charge in [-0.05, 0) is 28.7 Å². The summed E-state index contributed by atoms with van der Waals surface area (Å²) in [7, 11) is 1.81. The van der Waals surface area contributed by atoms with E-state index in [1.54, 1.807) is 16.2 Å². The average Bonchev–Trinajstić information content (AvgIpc) is 2.51. The quantitative estimate of drug-likeness (QED) is 0.589. The molecule has 0 aliphatic rings. The number of nitrogens with zero attached hydrogens (tertiary/aromatic N) is 1. The van der Waals surface area contributed by atoms with Gasteiger partial charge in [0.1, 0.15) is 0 Å². The highest BCUT2D eigenvalue weighted by molar-refractivity contribution is 14.1. The molecule has 0 saturated carbocycles. The zero-order chi connectivity index (χ0) is 9.84. The van der Waals surface area contributed by atoms with Gasteiger partial charge in [0.2, 0.25) is 0 Å². The molecular formula is C8H9BrINOS. The molecule has 0 N–H and O–H groups in total. The van der Waals surface area contributed by atoms with Gasteiger partial charge in [0.25, 0.3) is 5.91 Å². The van der Waals surface area contributed by atoms with Crippen LogP contribution in [0.25, 0.3) is 0 Å². The van der Waals surface area contributed by atoms with Crippen LogP contribution in [0.2, 0.25) is 0 Å². The Kier molecular flexibility index (Phi) is 4.68. The van der Waals surface area contributed by atoms with Crippen molar-refractivity contribution < 1.29 is 4.79 Å². The van der Waals surface area contributed by atoms with Crippen LogP contribution in [0, 0.1) is 2.88 Å². The van der Waals surface area contributed by atoms with Crippen LogP contribution in [0.4, 0.5) is 0 Å². The summed E-state index contributed by atoms with van der Waals surface area (Å²) in [6.07, 6.45) is 0. The van der Waals surface area contributed by atoms with E-state index in [0.29, 0.717) is 0 Å². The van der Waals surface area contributed by atoms with Gasteiger partial charge >= 0.3 is 0 Å². The third-order valence-electron chi connectivity index (χ3n) is 1.58. The molecule has 0 fully saturated rings. The summed E-state index contributed by atoms with van der Waals surface area (Å²) in [4.78, 5) is 13.4. The topological polar surface area (TPSA) is 20.3 Å². The lowest BCUT2D eigenvalue weighted by Gasteiger charge is -2.14. The Bertz CT molecular complexity index is 302. The molecule has 1 heterocycles. The summed E-state index contributed by atoms with van der Waals surface area (Å²) in [5, 5.41) is 2.71. The van der Waals surface area contributed by atoms with Crippen LogP contribution in [-0.2, 0) is 0 Å². The molecule has 0 unspecified atom stereocenters. The highest BCUT2D eigenvalue weighted by atomic mass is 127. The van der Waals surface area contributed by atoms with Crippen LogP contribution in [-0.4, -0.2) is 29.7 Å². The number of alkyl halides is 1. The van der Waals surface area contributed by atoms with Gasteiger partial charge in [-0.3, -0.25) is 4.79 Å². The Morgan fingerprint density at radius 3 is 2.92 bits per heavy atom. The molecule has 1 amide bonds. The maximum absolute atomic E-state index is 11.7. The van der Waals surface area contributed by atoms with Crippen molar-refractivity contribution in [2.45, 2.75) is 0 Å². The van der Waals surface area contributed by atoms with Crippen molar-refractivity contribution in [1.82, 2.24) is 4.90 Å². The molecule has 2 nitrogen and oxygen atoms in total. The highest BCUT2D eigenvalue weighted by Gasteiger charge is 2.11. The number of hydrogen-bond donors (Lipinski definition) is 0. The van der Waals surface area contributed by atoms with Crippen LogP contribution in [0.3, 0.4) is 0 Å². The first kappa shape index (κ1) is 11.5. The van der Waals surface area contributed by atoms with Gasteiger partial charge in [0, 0.05) is 24.3 Å². The molecule has 0 aromatic carbocycles. The van der Waals surface area contributed by atoms with Crippen molar-refractivity contribution in [2.24, 2.45) is 0 Å². The molecule has 0 atom stereocenters. The fourth-order valence-corrected chi connectivity index (χ4v) is 2.72. The lowest BCUT2D eigenvalue weighted by Crippen LogP contribution is -2.27. The number of halogens is 2. The van der Waals surface area contributed by atoms with Gasteiger partial charge in [-0.15, -0.1) is 11.3 Å². The van der Waals surface area contributed by atoms with E-state index < -0.39 is 0 Å². The first-order valence-electron chi connectivity index (χ1n) is 3.70. The SMILES string of the molecule is CN(CCBr)C(=O)c1csc(I)c1. The van der Waals surface area contributed by atoms with Gasteiger partial charge < -0.3 is 4.90 Å². The Labute approximate surface area is 104 Å². The second-order valence-electron chi connectivity index (χ2n) is 2.56. The minimum atomic E-state index is 0.0959. The average molecular weight is 374 g/mol. The van der Waals surface area contributed by atoms with E-state index in [-0.39, 0.29) is 5.91 Å². The predicted molar refractivity (Wildman–Crippen MR) is 67.8 cm³/mol. The number of hydrogen-bond acceptors (Lipinski definition) is 2. The summed E-state index contributed by atoms with van der Waals surface area (Å²) < 4.78 is 1.15. The van der Waals surface area contributed by atoms with Crippen molar-refractivity contribution in [3.63, 3.8) is 0 Å². The van der Waals surface area contributed by atoms with Crippen LogP contribution in [0.15, 0.2) is 11.4 Å². The Morgan fingerprint density at radius 1 is 1.77 bits per heavy atom. The summed E-state index contributed by atoms with van der Waals surface area (Å²) in [5.74, 6) is 0.0959. The second kappa shape index (κ2) is 5.31. The largest absolute Gasteiger partial charge is 0.341 e. The molecular weight excluding hydrogens is 365 g/mol. The van der Waals surface area contributed by atoms with Crippen molar-refractivity contribution in [2.75, 3.05) is 18.9 Å². The molecule has 1 aromatic heterocycles. The third kappa shape index (κ3) is 3.21. The molecule has 0 spiro atoms. The number of carbonyl (C=O) groups excluding carboxylic acids is 1. The molecule has 1 rings (SSSR count). The minimum absolute atomic E-state index is 0.0959. The first-order valence-corrected chi connectivity index (χ1v) is 6.78. The van der Waals surface area contributed by atoms with Crippen molar-refractivity contribution in [1.29, 1.82) is 0 Å².